The Morgan fingerprint density at radius 1 is 1.06 bits per heavy atom. The van der Waals surface area contributed by atoms with Gasteiger partial charge in [0.05, 0.1) is 15.7 Å². The molecule has 1 aromatic heterocycles. The third-order valence-electron chi connectivity index (χ3n) is 2.17. The number of halogens is 2. The Bertz CT molecular complexity index is 520. The third-order valence-corrected chi connectivity index (χ3v) is 2.80. The van der Waals surface area contributed by atoms with Crippen LogP contribution < -0.4 is 0 Å². The first-order valence-electron chi connectivity index (χ1n) is 4.58. The van der Waals surface area contributed by atoms with Crippen LogP contribution in [0.2, 0.25) is 10.0 Å². The van der Waals surface area contributed by atoms with Gasteiger partial charge in [0.25, 0.3) is 0 Å². The highest BCUT2D eigenvalue weighted by Crippen LogP contribution is 2.34. The first-order chi connectivity index (χ1) is 7.74. The predicted octanol–water partition coefficient (Wildman–Crippen LogP) is 3.87. The van der Waals surface area contributed by atoms with Crippen LogP contribution in [0.5, 0.6) is 0 Å². The van der Waals surface area contributed by atoms with Gasteiger partial charge in [-0.1, -0.05) is 29.3 Å². The minimum absolute atomic E-state index is 0.470. The molecule has 0 fully saturated rings. The van der Waals surface area contributed by atoms with E-state index in [1.54, 1.807) is 36.5 Å². The molecule has 2 nitrogen and oxygen atoms in total. The van der Waals surface area contributed by atoms with E-state index in [0.29, 0.717) is 26.9 Å². The summed E-state index contributed by atoms with van der Waals surface area (Å²) in [5, 5.41) is 0.962. The van der Waals surface area contributed by atoms with Crippen LogP contribution >= 0.6 is 23.2 Å². The third kappa shape index (κ3) is 1.94. The number of hydrogen-bond acceptors (Lipinski definition) is 2. The lowest BCUT2D eigenvalue weighted by Gasteiger charge is -2.07. The summed E-state index contributed by atoms with van der Waals surface area (Å²) in [6.45, 7) is 0. The Hall–Kier alpha value is -1.38. The van der Waals surface area contributed by atoms with Gasteiger partial charge < -0.3 is 0 Å². The van der Waals surface area contributed by atoms with E-state index in [1.807, 2.05) is 0 Å². The minimum Gasteiger partial charge on any atom is -0.298 e. The fourth-order valence-electron chi connectivity index (χ4n) is 1.45. The van der Waals surface area contributed by atoms with Crippen molar-refractivity contribution in [3.63, 3.8) is 0 Å². The second-order valence-corrected chi connectivity index (χ2v) is 3.97. The van der Waals surface area contributed by atoms with E-state index in [9.17, 15) is 4.79 Å². The Kier molecular flexibility index (Phi) is 3.22. The number of aromatic nitrogens is 1. The van der Waals surface area contributed by atoms with Gasteiger partial charge in [0.2, 0.25) is 0 Å². The van der Waals surface area contributed by atoms with Gasteiger partial charge in [-0.3, -0.25) is 9.78 Å². The zero-order valence-corrected chi connectivity index (χ0v) is 9.66. The van der Waals surface area contributed by atoms with Crippen LogP contribution in [0.15, 0.2) is 36.5 Å². The van der Waals surface area contributed by atoms with Crippen LogP contribution in [0, 0.1) is 0 Å². The van der Waals surface area contributed by atoms with Crippen LogP contribution in [0.1, 0.15) is 10.4 Å². The molecule has 0 bridgehead atoms. The topological polar surface area (TPSA) is 30.0 Å². The SMILES string of the molecule is O=Cc1cccnc1-c1c(Cl)cccc1Cl. The molecule has 0 saturated heterocycles. The highest BCUT2D eigenvalue weighted by molar-refractivity contribution is 6.39. The van der Waals surface area contributed by atoms with E-state index in [0.717, 1.165) is 6.29 Å². The maximum atomic E-state index is 10.9. The van der Waals surface area contributed by atoms with Crippen molar-refractivity contribution in [2.24, 2.45) is 0 Å². The predicted molar refractivity (Wildman–Crippen MR) is 65.1 cm³/mol. The molecule has 80 valence electrons. The van der Waals surface area contributed by atoms with Gasteiger partial charge in [-0.2, -0.15) is 0 Å². The average Bonchev–Trinajstić information content (AvgIpc) is 2.29. The second-order valence-electron chi connectivity index (χ2n) is 3.16. The van der Waals surface area contributed by atoms with Crippen molar-refractivity contribution in [3.05, 3.63) is 52.1 Å². The van der Waals surface area contributed by atoms with Crippen LogP contribution in [0.4, 0.5) is 0 Å². The number of benzene rings is 1. The lowest BCUT2D eigenvalue weighted by molar-refractivity contribution is 0.112. The highest BCUT2D eigenvalue weighted by atomic mass is 35.5. The van der Waals surface area contributed by atoms with Crippen molar-refractivity contribution in [3.8, 4) is 11.3 Å². The highest BCUT2D eigenvalue weighted by Gasteiger charge is 2.12. The number of nitrogens with zero attached hydrogens (tertiary/aromatic N) is 1. The fraction of sp³-hybridized carbons (Fsp3) is 0. The van der Waals surface area contributed by atoms with E-state index < -0.39 is 0 Å². The van der Waals surface area contributed by atoms with Gasteiger partial charge in [0.15, 0.2) is 6.29 Å². The maximum absolute atomic E-state index is 10.9. The van der Waals surface area contributed by atoms with Gasteiger partial charge in [-0.25, -0.2) is 0 Å². The Labute approximate surface area is 103 Å². The molecule has 0 aliphatic heterocycles. The zero-order valence-electron chi connectivity index (χ0n) is 8.15. The quantitative estimate of drug-likeness (QED) is 0.759. The summed E-state index contributed by atoms with van der Waals surface area (Å²) in [5.74, 6) is 0. The molecular weight excluding hydrogens is 245 g/mol. The molecule has 1 heterocycles. The largest absolute Gasteiger partial charge is 0.298 e. The summed E-state index contributed by atoms with van der Waals surface area (Å²) >= 11 is 12.1. The number of carbonyl (C=O) groups excluding carboxylic acids is 1. The molecule has 0 atom stereocenters. The van der Waals surface area contributed by atoms with Gasteiger partial charge in [0.1, 0.15) is 0 Å². The van der Waals surface area contributed by atoms with Crippen molar-refractivity contribution in [2.75, 3.05) is 0 Å². The first kappa shape index (κ1) is 11.1. The Balaban J connectivity index is 2.72. The van der Waals surface area contributed by atoms with Crippen molar-refractivity contribution < 1.29 is 4.79 Å². The van der Waals surface area contributed by atoms with Crippen molar-refractivity contribution in [1.82, 2.24) is 4.98 Å². The summed E-state index contributed by atoms with van der Waals surface area (Å²) in [5.41, 5.74) is 1.57. The summed E-state index contributed by atoms with van der Waals surface area (Å²) in [4.78, 5) is 15.0. The van der Waals surface area contributed by atoms with Crippen LogP contribution in [-0.4, -0.2) is 11.3 Å². The molecule has 0 unspecified atom stereocenters. The lowest BCUT2D eigenvalue weighted by atomic mass is 10.1. The van der Waals surface area contributed by atoms with E-state index in [2.05, 4.69) is 4.98 Å². The van der Waals surface area contributed by atoms with Gasteiger partial charge in [0, 0.05) is 17.3 Å². The van der Waals surface area contributed by atoms with Crippen molar-refractivity contribution in [1.29, 1.82) is 0 Å². The van der Waals surface area contributed by atoms with Gasteiger partial charge in [-0.05, 0) is 24.3 Å². The summed E-state index contributed by atoms with van der Waals surface area (Å²) in [6.07, 6.45) is 2.34. The molecule has 0 spiro atoms. The second kappa shape index (κ2) is 4.64. The number of hydrogen-bond donors (Lipinski definition) is 0. The van der Waals surface area contributed by atoms with E-state index in [1.165, 1.54) is 0 Å². The molecule has 0 saturated carbocycles. The molecule has 0 aliphatic rings. The molecule has 2 rings (SSSR count). The molecular formula is C12H7Cl2NO. The van der Waals surface area contributed by atoms with E-state index in [-0.39, 0.29) is 0 Å². The van der Waals surface area contributed by atoms with Crippen LogP contribution in [-0.2, 0) is 0 Å². The average molecular weight is 252 g/mol. The van der Waals surface area contributed by atoms with E-state index in [4.69, 9.17) is 23.2 Å². The smallest absolute Gasteiger partial charge is 0.152 e. The Morgan fingerprint density at radius 3 is 2.38 bits per heavy atom. The molecule has 2 aromatic rings. The maximum Gasteiger partial charge on any atom is 0.152 e. The molecule has 16 heavy (non-hydrogen) atoms. The van der Waals surface area contributed by atoms with Crippen LogP contribution in [0.25, 0.3) is 11.3 Å². The van der Waals surface area contributed by atoms with Crippen molar-refractivity contribution in [2.45, 2.75) is 0 Å². The monoisotopic (exact) mass is 251 g/mol. The summed E-state index contributed by atoms with van der Waals surface area (Å²) < 4.78 is 0. The number of rotatable bonds is 2. The van der Waals surface area contributed by atoms with Gasteiger partial charge >= 0.3 is 0 Å². The fourth-order valence-corrected chi connectivity index (χ4v) is 2.02. The van der Waals surface area contributed by atoms with Crippen molar-refractivity contribution >= 4 is 29.5 Å². The van der Waals surface area contributed by atoms with Gasteiger partial charge in [-0.15, -0.1) is 0 Å². The lowest BCUT2D eigenvalue weighted by Crippen LogP contribution is -1.92. The zero-order chi connectivity index (χ0) is 11.5. The normalized spacial score (nSPS) is 10.1. The molecule has 4 heteroatoms. The van der Waals surface area contributed by atoms with E-state index >= 15 is 0 Å². The molecule has 0 aliphatic carbocycles. The molecule has 0 amide bonds. The Morgan fingerprint density at radius 2 is 1.75 bits per heavy atom. The van der Waals surface area contributed by atoms with Crippen LogP contribution in [0.3, 0.4) is 0 Å². The minimum atomic E-state index is 0.470. The molecule has 0 radical (unpaired) electrons. The standard InChI is InChI=1S/C12H7Cl2NO/c13-9-4-1-5-10(14)11(9)12-8(7-16)3-2-6-15-12/h1-7H. The number of carbonyl (C=O) groups is 1. The summed E-state index contributed by atoms with van der Waals surface area (Å²) in [6, 6.07) is 8.54. The molecule has 1 aromatic carbocycles. The summed E-state index contributed by atoms with van der Waals surface area (Å²) in [7, 11) is 0. The number of aldehydes is 1. The number of pyridine rings is 1. The molecule has 0 N–H and O–H groups in total. The first-order valence-corrected chi connectivity index (χ1v) is 5.34.